The minimum Gasteiger partial charge on any atom is -0.423 e. The van der Waals surface area contributed by atoms with Crippen molar-refractivity contribution in [1.29, 1.82) is 0 Å². The summed E-state index contributed by atoms with van der Waals surface area (Å²) in [6, 6.07) is 8.46. The SMILES string of the molecule is C=CC(=O)Oc1cc(OC(=O)C=C)cc(-c2cc(OC(=O)C=C)cc(OC(=O)C=C)c2)c1. The number of hydrogen-bond donors (Lipinski definition) is 0. The molecule has 2 rings (SSSR count). The molecule has 0 amide bonds. The number of ether oxygens (including phenoxy) is 4. The van der Waals surface area contributed by atoms with Gasteiger partial charge in [0.05, 0.1) is 0 Å². The Balaban J connectivity index is 2.62. The third-order valence-corrected chi connectivity index (χ3v) is 3.63. The van der Waals surface area contributed by atoms with E-state index in [0.717, 1.165) is 24.3 Å². The third kappa shape index (κ3) is 6.67. The van der Waals surface area contributed by atoms with Crippen LogP contribution in [0.4, 0.5) is 0 Å². The monoisotopic (exact) mass is 434 g/mol. The Morgan fingerprint density at radius 3 is 0.875 bits per heavy atom. The van der Waals surface area contributed by atoms with Gasteiger partial charge in [-0.15, -0.1) is 0 Å². The Bertz CT molecular complexity index is 957. The highest BCUT2D eigenvalue weighted by Crippen LogP contribution is 2.35. The molecule has 0 aliphatic carbocycles. The Morgan fingerprint density at radius 2 is 0.688 bits per heavy atom. The van der Waals surface area contributed by atoms with Crippen LogP contribution in [-0.4, -0.2) is 23.9 Å². The van der Waals surface area contributed by atoms with E-state index in [2.05, 4.69) is 26.3 Å². The number of rotatable bonds is 9. The molecule has 0 fully saturated rings. The first kappa shape index (κ1) is 23.6. The molecule has 8 nitrogen and oxygen atoms in total. The van der Waals surface area contributed by atoms with Gasteiger partial charge in [0.2, 0.25) is 0 Å². The van der Waals surface area contributed by atoms with Crippen molar-refractivity contribution in [1.82, 2.24) is 0 Å². The molecule has 0 bridgehead atoms. The maximum absolute atomic E-state index is 11.6. The van der Waals surface area contributed by atoms with Crippen molar-refractivity contribution in [3.8, 4) is 34.1 Å². The Kier molecular flexibility index (Phi) is 8.01. The zero-order valence-corrected chi connectivity index (χ0v) is 16.9. The van der Waals surface area contributed by atoms with Gasteiger partial charge < -0.3 is 18.9 Å². The molecule has 0 saturated heterocycles. The molecule has 0 saturated carbocycles. The van der Waals surface area contributed by atoms with Gasteiger partial charge in [0.15, 0.2) is 0 Å². The van der Waals surface area contributed by atoms with E-state index in [-0.39, 0.29) is 23.0 Å². The van der Waals surface area contributed by atoms with Crippen molar-refractivity contribution in [2.75, 3.05) is 0 Å². The molecule has 0 heterocycles. The normalized spacial score (nSPS) is 9.62. The lowest BCUT2D eigenvalue weighted by molar-refractivity contribution is -0.130. The van der Waals surface area contributed by atoms with Crippen molar-refractivity contribution < 1.29 is 38.1 Å². The molecule has 0 aliphatic rings. The van der Waals surface area contributed by atoms with Gasteiger partial charge in [0.1, 0.15) is 23.0 Å². The van der Waals surface area contributed by atoms with Crippen LogP contribution >= 0.6 is 0 Å². The molecular weight excluding hydrogens is 416 g/mol. The molecule has 162 valence electrons. The average Bonchev–Trinajstić information content (AvgIpc) is 2.78. The number of carbonyl (C=O) groups is 4. The highest BCUT2D eigenvalue weighted by Gasteiger charge is 2.14. The van der Waals surface area contributed by atoms with E-state index in [1.807, 2.05) is 0 Å². The summed E-state index contributed by atoms with van der Waals surface area (Å²) in [5, 5.41) is 0. The van der Waals surface area contributed by atoms with Gasteiger partial charge >= 0.3 is 23.9 Å². The van der Waals surface area contributed by atoms with Crippen molar-refractivity contribution in [2.45, 2.75) is 0 Å². The summed E-state index contributed by atoms with van der Waals surface area (Å²) in [5.74, 6) is -2.80. The first-order valence-corrected chi connectivity index (χ1v) is 8.95. The van der Waals surface area contributed by atoms with Crippen LogP contribution in [0.25, 0.3) is 11.1 Å². The van der Waals surface area contributed by atoms with Crippen LogP contribution in [0, 0.1) is 0 Å². The smallest absolute Gasteiger partial charge is 0.335 e. The lowest BCUT2D eigenvalue weighted by Gasteiger charge is -2.12. The molecule has 2 aromatic rings. The maximum Gasteiger partial charge on any atom is 0.335 e. The number of carbonyl (C=O) groups excluding carboxylic acids is 4. The minimum atomic E-state index is -0.739. The predicted molar refractivity (Wildman–Crippen MR) is 115 cm³/mol. The predicted octanol–water partition coefficient (Wildman–Crippen LogP) is 3.72. The van der Waals surface area contributed by atoms with Crippen LogP contribution in [-0.2, 0) is 19.2 Å². The number of hydrogen-bond acceptors (Lipinski definition) is 8. The standard InChI is InChI=1S/C24H18O8/c1-5-21(25)29-17-9-15(10-18(13-17)30-22(26)6-2)16-11-19(31-23(27)7-3)14-20(12-16)32-24(28)8-4/h5-14H,1-4H2. The molecule has 8 heteroatoms. The molecule has 0 atom stereocenters. The largest absolute Gasteiger partial charge is 0.423 e. The fourth-order valence-electron chi connectivity index (χ4n) is 2.34. The Hall–Kier alpha value is -4.72. The summed E-state index contributed by atoms with van der Waals surface area (Å²) in [4.78, 5) is 46.6. The Morgan fingerprint density at radius 1 is 0.469 bits per heavy atom. The van der Waals surface area contributed by atoms with Crippen LogP contribution < -0.4 is 18.9 Å². The second-order valence-electron chi connectivity index (χ2n) is 5.89. The van der Waals surface area contributed by atoms with Crippen molar-refractivity contribution in [3.05, 3.63) is 87.0 Å². The summed E-state index contributed by atoms with van der Waals surface area (Å²) >= 11 is 0. The van der Waals surface area contributed by atoms with E-state index < -0.39 is 23.9 Å². The Labute approximate surface area is 183 Å². The first-order chi connectivity index (χ1) is 15.3. The van der Waals surface area contributed by atoms with Gasteiger partial charge in [0, 0.05) is 36.4 Å². The minimum absolute atomic E-state index is 0.0392. The van der Waals surface area contributed by atoms with Crippen molar-refractivity contribution in [3.63, 3.8) is 0 Å². The molecule has 0 unspecified atom stereocenters. The number of esters is 4. The maximum atomic E-state index is 11.6. The first-order valence-electron chi connectivity index (χ1n) is 8.95. The third-order valence-electron chi connectivity index (χ3n) is 3.63. The highest BCUT2D eigenvalue weighted by atomic mass is 16.6. The van der Waals surface area contributed by atoms with Crippen LogP contribution in [0.5, 0.6) is 23.0 Å². The van der Waals surface area contributed by atoms with E-state index in [0.29, 0.717) is 11.1 Å². The summed E-state index contributed by atoms with van der Waals surface area (Å²) in [7, 11) is 0. The summed E-state index contributed by atoms with van der Waals surface area (Å²) in [5.41, 5.74) is 0.747. The van der Waals surface area contributed by atoms with Crippen LogP contribution in [0.2, 0.25) is 0 Å². The molecule has 0 N–H and O–H groups in total. The molecule has 2 aromatic carbocycles. The van der Waals surface area contributed by atoms with Crippen LogP contribution in [0.15, 0.2) is 87.0 Å². The zero-order valence-electron chi connectivity index (χ0n) is 16.9. The summed E-state index contributed by atoms with van der Waals surface area (Å²) in [6.07, 6.45) is 3.85. The fraction of sp³-hybridized carbons (Fsp3) is 0. The van der Waals surface area contributed by atoms with Gasteiger partial charge in [0.25, 0.3) is 0 Å². The van der Waals surface area contributed by atoms with Crippen molar-refractivity contribution in [2.24, 2.45) is 0 Å². The molecule has 32 heavy (non-hydrogen) atoms. The fourth-order valence-corrected chi connectivity index (χ4v) is 2.34. The van der Waals surface area contributed by atoms with Crippen LogP contribution in [0.3, 0.4) is 0 Å². The van der Waals surface area contributed by atoms with E-state index in [1.54, 1.807) is 0 Å². The zero-order chi connectivity index (χ0) is 23.7. The lowest BCUT2D eigenvalue weighted by Crippen LogP contribution is -2.07. The van der Waals surface area contributed by atoms with E-state index >= 15 is 0 Å². The molecule has 0 aliphatic heterocycles. The van der Waals surface area contributed by atoms with Gasteiger partial charge in [-0.1, -0.05) is 26.3 Å². The number of benzene rings is 2. The topological polar surface area (TPSA) is 105 Å². The molecule has 0 radical (unpaired) electrons. The summed E-state index contributed by atoms with van der Waals surface area (Å²) in [6.45, 7) is 13.3. The highest BCUT2D eigenvalue weighted by molar-refractivity contribution is 5.87. The van der Waals surface area contributed by atoms with Gasteiger partial charge in [-0.25, -0.2) is 19.2 Å². The van der Waals surface area contributed by atoms with Crippen molar-refractivity contribution >= 4 is 23.9 Å². The van der Waals surface area contributed by atoms with Gasteiger partial charge in [-0.2, -0.15) is 0 Å². The average molecular weight is 434 g/mol. The summed E-state index contributed by atoms with van der Waals surface area (Å²) < 4.78 is 20.5. The molecule has 0 aromatic heterocycles. The van der Waals surface area contributed by atoms with E-state index in [4.69, 9.17) is 18.9 Å². The molecular formula is C24H18O8. The van der Waals surface area contributed by atoms with Gasteiger partial charge in [-0.3, -0.25) is 0 Å². The second kappa shape index (κ2) is 10.9. The van der Waals surface area contributed by atoms with E-state index in [9.17, 15) is 19.2 Å². The van der Waals surface area contributed by atoms with Gasteiger partial charge in [-0.05, 0) is 35.4 Å². The van der Waals surface area contributed by atoms with E-state index in [1.165, 1.54) is 36.4 Å². The lowest BCUT2D eigenvalue weighted by atomic mass is 10.0. The molecule has 0 spiro atoms. The second-order valence-corrected chi connectivity index (χ2v) is 5.89. The quantitative estimate of drug-likeness (QED) is 0.334. The van der Waals surface area contributed by atoms with Crippen LogP contribution in [0.1, 0.15) is 0 Å².